The second kappa shape index (κ2) is 7.28. The van der Waals surface area contributed by atoms with E-state index in [2.05, 4.69) is 19.2 Å². The molecule has 0 radical (unpaired) electrons. The highest BCUT2D eigenvalue weighted by molar-refractivity contribution is 4.77. The van der Waals surface area contributed by atoms with Crippen LogP contribution in [-0.4, -0.2) is 12.1 Å². The molecule has 1 nitrogen and oxygen atoms in total. The zero-order chi connectivity index (χ0) is 10.2. The molecule has 1 heterocycles. The number of unbranched alkanes of at least 4 members (excludes halogenated alkanes) is 4. The van der Waals surface area contributed by atoms with Crippen LogP contribution in [-0.2, 0) is 0 Å². The molecule has 1 saturated heterocycles. The summed E-state index contributed by atoms with van der Waals surface area (Å²) in [7, 11) is 0. The van der Waals surface area contributed by atoms with Gasteiger partial charge >= 0.3 is 0 Å². The van der Waals surface area contributed by atoms with Gasteiger partial charge in [-0.15, -0.1) is 0 Å². The lowest BCUT2D eigenvalue weighted by molar-refractivity contribution is 0.315. The van der Waals surface area contributed by atoms with Crippen molar-refractivity contribution in [3.8, 4) is 0 Å². The Morgan fingerprint density at radius 1 is 1.07 bits per heavy atom. The van der Waals surface area contributed by atoms with Gasteiger partial charge in [-0.3, -0.25) is 0 Å². The van der Waals surface area contributed by atoms with Crippen LogP contribution in [0.4, 0.5) is 0 Å². The van der Waals surface area contributed by atoms with Gasteiger partial charge in [0.15, 0.2) is 0 Å². The lowest BCUT2D eigenvalue weighted by Crippen LogP contribution is -2.40. The monoisotopic (exact) mass is 197 g/mol. The van der Waals surface area contributed by atoms with Crippen LogP contribution in [0.3, 0.4) is 0 Å². The Labute approximate surface area is 89.7 Å². The quantitative estimate of drug-likeness (QED) is 0.637. The Balaban J connectivity index is 1.95. The average Bonchev–Trinajstić information content (AvgIpc) is 2.18. The minimum absolute atomic E-state index is 0.768. The summed E-state index contributed by atoms with van der Waals surface area (Å²) >= 11 is 0. The van der Waals surface area contributed by atoms with Gasteiger partial charge in [-0.1, -0.05) is 45.4 Å². The van der Waals surface area contributed by atoms with E-state index in [9.17, 15) is 0 Å². The third-order valence-corrected chi connectivity index (χ3v) is 3.37. The lowest BCUT2D eigenvalue weighted by Gasteiger charge is -2.28. The van der Waals surface area contributed by atoms with E-state index in [0.717, 1.165) is 12.1 Å². The van der Waals surface area contributed by atoms with Crippen molar-refractivity contribution < 1.29 is 0 Å². The van der Waals surface area contributed by atoms with Gasteiger partial charge < -0.3 is 5.32 Å². The van der Waals surface area contributed by atoms with Gasteiger partial charge in [0, 0.05) is 12.1 Å². The first-order valence-corrected chi connectivity index (χ1v) is 6.59. The normalized spacial score (nSPS) is 27.9. The summed E-state index contributed by atoms with van der Waals surface area (Å²) in [5.74, 6) is 0. The van der Waals surface area contributed by atoms with Crippen molar-refractivity contribution in [1.82, 2.24) is 5.32 Å². The highest BCUT2D eigenvalue weighted by Gasteiger charge is 2.16. The molecule has 0 bridgehead atoms. The van der Waals surface area contributed by atoms with E-state index in [1.165, 1.54) is 57.8 Å². The van der Waals surface area contributed by atoms with Crippen molar-refractivity contribution in [2.24, 2.45) is 0 Å². The van der Waals surface area contributed by atoms with Crippen molar-refractivity contribution >= 4 is 0 Å². The minimum atomic E-state index is 0.768. The summed E-state index contributed by atoms with van der Waals surface area (Å²) in [6.07, 6.45) is 12.8. The minimum Gasteiger partial charge on any atom is -0.312 e. The largest absolute Gasteiger partial charge is 0.312 e. The van der Waals surface area contributed by atoms with Crippen molar-refractivity contribution in [2.75, 3.05) is 0 Å². The van der Waals surface area contributed by atoms with Crippen LogP contribution in [0.15, 0.2) is 0 Å². The maximum absolute atomic E-state index is 3.71. The molecule has 1 heteroatoms. The van der Waals surface area contributed by atoms with Gasteiger partial charge in [-0.05, 0) is 26.2 Å². The fourth-order valence-electron chi connectivity index (χ4n) is 2.46. The zero-order valence-electron chi connectivity index (χ0n) is 10.0. The molecule has 0 aromatic rings. The molecule has 1 aliphatic rings. The summed E-state index contributed by atoms with van der Waals surface area (Å²) in [5, 5.41) is 3.71. The molecule has 0 amide bonds. The van der Waals surface area contributed by atoms with Crippen molar-refractivity contribution in [3.63, 3.8) is 0 Å². The van der Waals surface area contributed by atoms with E-state index in [1.807, 2.05) is 0 Å². The van der Waals surface area contributed by atoms with Crippen LogP contribution in [0.1, 0.15) is 71.6 Å². The molecule has 84 valence electrons. The van der Waals surface area contributed by atoms with Crippen molar-refractivity contribution in [2.45, 2.75) is 83.7 Å². The van der Waals surface area contributed by atoms with Crippen molar-refractivity contribution in [3.05, 3.63) is 0 Å². The Hall–Kier alpha value is -0.0400. The third kappa shape index (κ3) is 4.99. The Bertz CT molecular complexity index is 133. The molecular formula is C13H27N. The zero-order valence-corrected chi connectivity index (χ0v) is 10.0. The van der Waals surface area contributed by atoms with E-state index in [4.69, 9.17) is 0 Å². The fraction of sp³-hybridized carbons (Fsp3) is 1.00. The van der Waals surface area contributed by atoms with E-state index in [-0.39, 0.29) is 0 Å². The second-order valence-corrected chi connectivity index (χ2v) is 4.90. The highest BCUT2D eigenvalue weighted by atomic mass is 15.0. The van der Waals surface area contributed by atoms with Crippen LogP contribution in [0.25, 0.3) is 0 Å². The molecule has 2 atom stereocenters. The van der Waals surface area contributed by atoms with E-state index >= 15 is 0 Å². The van der Waals surface area contributed by atoms with Crippen LogP contribution >= 0.6 is 0 Å². The maximum atomic E-state index is 3.71. The smallest absolute Gasteiger partial charge is 0.00695 e. The third-order valence-electron chi connectivity index (χ3n) is 3.37. The Morgan fingerprint density at radius 2 is 1.86 bits per heavy atom. The summed E-state index contributed by atoms with van der Waals surface area (Å²) < 4.78 is 0. The van der Waals surface area contributed by atoms with Gasteiger partial charge in [0.05, 0.1) is 0 Å². The molecule has 0 unspecified atom stereocenters. The van der Waals surface area contributed by atoms with Gasteiger partial charge in [0.1, 0.15) is 0 Å². The number of nitrogens with one attached hydrogen (secondary N) is 1. The Kier molecular flexibility index (Phi) is 6.25. The van der Waals surface area contributed by atoms with E-state index < -0.39 is 0 Å². The number of hydrogen-bond acceptors (Lipinski definition) is 1. The molecule has 1 rings (SSSR count). The molecule has 1 fully saturated rings. The van der Waals surface area contributed by atoms with Gasteiger partial charge in [-0.2, -0.15) is 0 Å². The Morgan fingerprint density at radius 3 is 2.57 bits per heavy atom. The lowest BCUT2D eigenvalue weighted by atomic mass is 9.95. The summed E-state index contributed by atoms with van der Waals surface area (Å²) in [4.78, 5) is 0. The first-order chi connectivity index (χ1) is 6.83. The second-order valence-electron chi connectivity index (χ2n) is 4.90. The molecule has 0 aromatic carbocycles. The van der Waals surface area contributed by atoms with E-state index in [0.29, 0.717) is 0 Å². The number of hydrogen-bond donors (Lipinski definition) is 1. The molecule has 1 N–H and O–H groups in total. The predicted molar refractivity (Wildman–Crippen MR) is 63.6 cm³/mol. The molecule has 14 heavy (non-hydrogen) atoms. The average molecular weight is 197 g/mol. The van der Waals surface area contributed by atoms with Crippen LogP contribution in [0.2, 0.25) is 0 Å². The SMILES string of the molecule is CCCCCCC[C@@H]1CCC[C@@H](C)N1. The molecule has 0 aromatic heterocycles. The summed E-state index contributed by atoms with van der Waals surface area (Å²) in [5.41, 5.74) is 0. The first kappa shape index (κ1) is 12.0. The standard InChI is InChI=1S/C13H27N/c1-3-4-5-6-7-10-13-11-8-9-12(2)14-13/h12-14H,3-11H2,1-2H3/t12-,13-/m1/s1. The maximum Gasteiger partial charge on any atom is 0.00695 e. The van der Waals surface area contributed by atoms with Crippen LogP contribution < -0.4 is 5.32 Å². The van der Waals surface area contributed by atoms with Gasteiger partial charge in [0.2, 0.25) is 0 Å². The highest BCUT2D eigenvalue weighted by Crippen LogP contribution is 2.17. The molecule has 0 saturated carbocycles. The fourth-order valence-corrected chi connectivity index (χ4v) is 2.46. The van der Waals surface area contributed by atoms with E-state index in [1.54, 1.807) is 0 Å². The summed E-state index contributed by atoms with van der Waals surface area (Å²) in [6, 6.07) is 1.60. The van der Waals surface area contributed by atoms with Gasteiger partial charge in [0.25, 0.3) is 0 Å². The van der Waals surface area contributed by atoms with Gasteiger partial charge in [-0.25, -0.2) is 0 Å². The number of piperidine rings is 1. The molecule has 0 aliphatic carbocycles. The van der Waals surface area contributed by atoms with Crippen molar-refractivity contribution in [1.29, 1.82) is 0 Å². The first-order valence-electron chi connectivity index (χ1n) is 6.59. The molecular weight excluding hydrogens is 170 g/mol. The predicted octanol–water partition coefficient (Wildman–Crippen LogP) is 3.88. The topological polar surface area (TPSA) is 12.0 Å². The van der Waals surface area contributed by atoms with Crippen LogP contribution in [0, 0.1) is 0 Å². The molecule has 0 spiro atoms. The molecule has 1 aliphatic heterocycles. The number of rotatable bonds is 6. The van der Waals surface area contributed by atoms with Crippen LogP contribution in [0.5, 0.6) is 0 Å². The summed E-state index contributed by atoms with van der Waals surface area (Å²) in [6.45, 7) is 4.60.